The molecule has 0 radical (unpaired) electrons. The van der Waals surface area contributed by atoms with Gasteiger partial charge in [0, 0.05) is 6.20 Å². The molecule has 0 atom stereocenters. The van der Waals surface area contributed by atoms with Gasteiger partial charge < -0.3 is 9.47 Å². The summed E-state index contributed by atoms with van der Waals surface area (Å²) in [7, 11) is 1.38. The van der Waals surface area contributed by atoms with Crippen LogP contribution in [0.1, 0.15) is 18.1 Å². The summed E-state index contributed by atoms with van der Waals surface area (Å²) in [6, 6.07) is 7.70. The van der Waals surface area contributed by atoms with E-state index in [0.29, 0.717) is 6.20 Å². The lowest BCUT2D eigenvalue weighted by Crippen LogP contribution is -2.10. The summed E-state index contributed by atoms with van der Waals surface area (Å²) in [5.74, 6) is -0.874. The summed E-state index contributed by atoms with van der Waals surface area (Å²) in [6.07, 6.45) is -4.18. The molecule has 0 amide bonds. The molecule has 0 fully saturated rings. The molecule has 0 aliphatic carbocycles. The zero-order chi connectivity index (χ0) is 19.3. The number of aromatic nitrogens is 2. The molecular formula is C17H13F3N4O2. The number of hydrogen-bond acceptors (Lipinski definition) is 6. The standard InChI is InChI=1S/C17H13F3N4O2/c1-10(11(2)25-3)23-16-22-9-13(17(18,19)20)15(24-16)26-14-7-5-4-6-12(14)8-21/h4-7,9H,2H2,1,3H3. The molecule has 0 N–H and O–H groups in total. The number of aliphatic imine (C=N–C) groups is 1. The van der Waals surface area contributed by atoms with Gasteiger partial charge in [-0.15, -0.1) is 0 Å². The minimum absolute atomic E-state index is 0.0628. The van der Waals surface area contributed by atoms with Crippen LogP contribution in [0.15, 0.2) is 47.8 Å². The maximum absolute atomic E-state index is 13.2. The fraction of sp³-hybridized carbons (Fsp3) is 0.176. The van der Waals surface area contributed by atoms with Crippen molar-refractivity contribution in [3.63, 3.8) is 0 Å². The first-order valence-corrected chi connectivity index (χ1v) is 7.16. The lowest BCUT2D eigenvalue weighted by atomic mass is 10.2. The van der Waals surface area contributed by atoms with E-state index in [1.54, 1.807) is 13.0 Å². The number of nitrogens with zero attached hydrogens (tertiary/aromatic N) is 4. The van der Waals surface area contributed by atoms with Crippen molar-refractivity contribution in [1.29, 1.82) is 5.26 Å². The summed E-state index contributed by atoms with van der Waals surface area (Å²) < 4.78 is 49.8. The van der Waals surface area contributed by atoms with Crippen LogP contribution in [0, 0.1) is 11.3 Å². The minimum Gasteiger partial charge on any atom is -0.495 e. The van der Waals surface area contributed by atoms with E-state index in [1.165, 1.54) is 25.3 Å². The van der Waals surface area contributed by atoms with Crippen LogP contribution in [0.2, 0.25) is 0 Å². The van der Waals surface area contributed by atoms with Crippen LogP contribution in [0.5, 0.6) is 11.6 Å². The van der Waals surface area contributed by atoms with Crippen LogP contribution >= 0.6 is 0 Å². The first-order valence-electron chi connectivity index (χ1n) is 7.16. The van der Waals surface area contributed by atoms with E-state index in [4.69, 9.17) is 14.7 Å². The molecule has 1 aromatic heterocycles. The van der Waals surface area contributed by atoms with Crippen LogP contribution in [-0.2, 0) is 10.9 Å². The van der Waals surface area contributed by atoms with Crippen LogP contribution in [0.3, 0.4) is 0 Å². The molecule has 0 aliphatic heterocycles. The Balaban J connectivity index is 2.52. The van der Waals surface area contributed by atoms with E-state index in [0.717, 1.165) is 0 Å². The number of hydrogen-bond donors (Lipinski definition) is 0. The molecule has 1 heterocycles. The topological polar surface area (TPSA) is 80.4 Å². The molecule has 0 saturated heterocycles. The van der Waals surface area contributed by atoms with Crippen LogP contribution in [-0.4, -0.2) is 22.8 Å². The van der Waals surface area contributed by atoms with Crippen molar-refractivity contribution in [3.8, 4) is 17.7 Å². The average molecular weight is 362 g/mol. The first-order chi connectivity index (χ1) is 12.3. The van der Waals surface area contributed by atoms with Gasteiger partial charge in [0.1, 0.15) is 23.1 Å². The molecule has 0 bridgehead atoms. The summed E-state index contributed by atoms with van der Waals surface area (Å²) in [5, 5.41) is 9.06. The van der Waals surface area contributed by atoms with E-state index < -0.39 is 17.6 Å². The number of allylic oxidation sites excluding steroid dienone is 1. The molecule has 26 heavy (non-hydrogen) atoms. The van der Waals surface area contributed by atoms with E-state index in [9.17, 15) is 13.2 Å². The lowest BCUT2D eigenvalue weighted by Gasteiger charge is -2.13. The van der Waals surface area contributed by atoms with Crippen molar-refractivity contribution in [3.05, 3.63) is 53.9 Å². The fourth-order valence-corrected chi connectivity index (χ4v) is 1.80. The quantitative estimate of drug-likeness (QED) is 0.581. The van der Waals surface area contributed by atoms with Gasteiger partial charge >= 0.3 is 6.18 Å². The zero-order valence-corrected chi connectivity index (χ0v) is 13.8. The Bertz CT molecular complexity index is 902. The largest absolute Gasteiger partial charge is 0.495 e. The highest BCUT2D eigenvalue weighted by Gasteiger charge is 2.36. The zero-order valence-electron chi connectivity index (χ0n) is 13.8. The molecule has 0 saturated carbocycles. The molecule has 0 aliphatic rings. The maximum atomic E-state index is 13.2. The molecule has 1 aromatic carbocycles. The monoisotopic (exact) mass is 362 g/mol. The van der Waals surface area contributed by atoms with Gasteiger partial charge in [-0.2, -0.15) is 23.4 Å². The van der Waals surface area contributed by atoms with E-state index in [1.807, 2.05) is 6.07 Å². The smallest absolute Gasteiger partial charge is 0.423 e. The van der Waals surface area contributed by atoms with Gasteiger partial charge in [0.2, 0.25) is 5.88 Å². The number of halogens is 3. The van der Waals surface area contributed by atoms with Crippen LogP contribution in [0.25, 0.3) is 0 Å². The maximum Gasteiger partial charge on any atom is 0.423 e. The van der Waals surface area contributed by atoms with Gasteiger partial charge in [-0.3, -0.25) is 0 Å². The number of alkyl halides is 3. The van der Waals surface area contributed by atoms with Crippen molar-refractivity contribution in [2.24, 2.45) is 4.99 Å². The number of benzene rings is 1. The highest BCUT2D eigenvalue weighted by molar-refractivity contribution is 5.97. The fourth-order valence-electron chi connectivity index (χ4n) is 1.80. The predicted octanol–water partition coefficient (Wildman–Crippen LogP) is 4.41. The third-order valence-electron chi connectivity index (χ3n) is 3.18. The SMILES string of the molecule is C=C(OC)C(C)=Nc1ncc(C(F)(F)F)c(Oc2ccccc2C#N)n1. The first kappa shape index (κ1) is 18.9. The third-order valence-corrected chi connectivity index (χ3v) is 3.18. The van der Waals surface area contributed by atoms with Crippen molar-refractivity contribution < 1.29 is 22.6 Å². The molecular weight excluding hydrogens is 349 g/mol. The molecule has 2 rings (SSSR count). The lowest BCUT2D eigenvalue weighted by molar-refractivity contribution is -0.139. The van der Waals surface area contributed by atoms with Gasteiger partial charge in [0.15, 0.2) is 0 Å². The second-order valence-corrected chi connectivity index (χ2v) is 4.92. The Labute approximate surface area is 147 Å². The highest BCUT2D eigenvalue weighted by atomic mass is 19.4. The Hall–Kier alpha value is -3.41. The van der Waals surface area contributed by atoms with Crippen molar-refractivity contribution in [2.45, 2.75) is 13.1 Å². The van der Waals surface area contributed by atoms with Gasteiger partial charge in [-0.25, -0.2) is 9.98 Å². The molecule has 0 spiro atoms. The van der Waals surface area contributed by atoms with Gasteiger partial charge in [0.05, 0.1) is 18.4 Å². The van der Waals surface area contributed by atoms with Crippen molar-refractivity contribution in [2.75, 3.05) is 7.11 Å². The Morgan fingerprint density at radius 2 is 2.00 bits per heavy atom. The number of methoxy groups -OCH3 is 1. The highest BCUT2D eigenvalue weighted by Crippen LogP contribution is 2.37. The Morgan fingerprint density at radius 1 is 1.31 bits per heavy atom. The summed E-state index contributed by atoms with van der Waals surface area (Å²) in [5.41, 5.74) is -0.837. The van der Waals surface area contributed by atoms with Gasteiger partial charge in [0.25, 0.3) is 5.95 Å². The second-order valence-electron chi connectivity index (χ2n) is 4.92. The molecule has 6 nitrogen and oxygen atoms in total. The third kappa shape index (κ3) is 4.36. The number of ether oxygens (including phenoxy) is 2. The average Bonchev–Trinajstić information content (AvgIpc) is 2.60. The van der Waals surface area contributed by atoms with E-state index in [2.05, 4.69) is 21.5 Å². The summed E-state index contributed by atoms with van der Waals surface area (Å²) in [4.78, 5) is 11.3. The summed E-state index contributed by atoms with van der Waals surface area (Å²) >= 11 is 0. The molecule has 9 heteroatoms. The Kier molecular flexibility index (Phi) is 5.57. The number of nitriles is 1. The van der Waals surface area contributed by atoms with Crippen molar-refractivity contribution in [1.82, 2.24) is 9.97 Å². The number of para-hydroxylation sites is 1. The van der Waals surface area contributed by atoms with Gasteiger partial charge in [-0.05, 0) is 19.1 Å². The van der Waals surface area contributed by atoms with Crippen molar-refractivity contribution >= 4 is 11.7 Å². The Morgan fingerprint density at radius 3 is 2.62 bits per heavy atom. The van der Waals surface area contributed by atoms with E-state index in [-0.39, 0.29) is 28.7 Å². The molecule has 0 unspecified atom stereocenters. The minimum atomic E-state index is -4.75. The molecule has 134 valence electrons. The van der Waals surface area contributed by atoms with Crippen LogP contribution in [0.4, 0.5) is 19.1 Å². The second kappa shape index (κ2) is 7.65. The number of rotatable bonds is 5. The van der Waals surface area contributed by atoms with E-state index >= 15 is 0 Å². The van der Waals surface area contributed by atoms with Gasteiger partial charge in [-0.1, -0.05) is 18.7 Å². The summed E-state index contributed by atoms with van der Waals surface area (Å²) in [6.45, 7) is 5.12. The molecule has 2 aromatic rings. The predicted molar refractivity (Wildman–Crippen MR) is 87.2 cm³/mol. The normalized spacial score (nSPS) is 11.6. The van der Waals surface area contributed by atoms with Crippen LogP contribution < -0.4 is 4.74 Å².